The molecule has 1 aromatic carbocycles. The molecule has 100 valence electrons. The van der Waals surface area contributed by atoms with Crippen LogP contribution in [0.2, 0.25) is 0 Å². The summed E-state index contributed by atoms with van der Waals surface area (Å²) in [5, 5.41) is 3.53. The van der Waals surface area contributed by atoms with Crippen LogP contribution in [0.4, 0.5) is 4.39 Å². The SMILES string of the molecule is CC(C)NCC1(Cc2cccc(F)c2Br)CCC1. The van der Waals surface area contributed by atoms with Crippen molar-refractivity contribution < 1.29 is 4.39 Å². The summed E-state index contributed by atoms with van der Waals surface area (Å²) in [6, 6.07) is 5.85. The Kier molecular flexibility index (Phi) is 4.44. The predicted octanol–water partition coefficient (Wildman–Crippen LogP) is 4.30. The summed E-state index contributed by atoms with van der Waals surface area (Å²) in [7, 11) is 0. The molecule has 1 aliphatic carbocycles. The first-order valence-electron chi connectivity index (χ1n) is 6.69. The van der Waals surface area contributed by atoms with Gasteiger partial charge in [0.2, 0.25) is 0 Å². The Labute approximate surface area is 117 Å². The van der Waals surface area contributed by atoms with Gasteiger partial charge in [0, 0.05) is 12.6 Å². The minimum Gasteiger partial charge on any atom is -0.314 e. The molecular weight excluding hydrogens is 293 g/mol. The average molecular weight is 314 g/mol. The van der Waals surface area contributed by atoms with Crippen LogP contribution in [-0.2, 0) is 6.42 Å². The molecule has 1 N–H and O–H groups in total. The molecule has 0 radical (unpaired) electrons. The summed E-state index contributed by atoms with van der Waals surface area (Å²) in [5.74, 6) is -0.154. The molecule has 0 atom stereocenters. The van der Waals surface area contributed by atoms with E-state index < -0.39 is 0 Å². The second-order valence-electron chi connectivity index (χ2n) is 5.78. The van der Waals surface area contributed by atoms with Crippen LogP contribution < -0.4 is 5.32 Å². The van der Waals surface area contributed by atoms with E-state index in [-0.39, 0.29) is 5.82 Å². The first kappa shape index (κ1) is 14.0. The Hall–Kier alpha value is -0.410. The van der Waals surface area contributed by atoms with Gasteiger partial charge in [-0.1, -0.05) is 32.4 Å². The molecular formula is C15H21BrFN. The summed E-state index contributed by atoms with van der Waals surface area (Å²) >= 11 is 3.37. The normalized spacial score (nSPS) is 17.8. The molecule has 1 nitrogen and oxygen atoms in total. The second kappa shape index (κ2) is 5.70. The molecule has 0 bridgehead atoms. The van der Waals surface area contributed by atoms with Gasteiger partial charge < -0.3 is 5.32 Å². The highest BCUT2D eigenvalue weighted by Crippen LogP contribution is 2.44. The van der Waals surface area contributed by atoms with Crippen LogP contribution in [0, 0.1) is 11.2 Å². The van der Waals surface area contributed by atoms with Crippen molar-refractivity contribution in [3.63, 3.8) is 0 Å². The van der Waals surface area contributed by atoms with Crippen molar-refractivity contribution in [3.8, 4) is 0 Å². The van der Waals surface area contributed by atoms with Gasteiger partial charge in [0.15, 0.2) is 0 Å². The highest BCUT2D eigenvalue weighted by Gasteiger charge is 2.37. The summed E-state index contributed by atoms with van der Waals surface area (Å²) in [6.07, 6.45) is 4.75. The summed E-state index contributed by atoms with van der Waals surface area (Å²) in [6.45, 7) is 5.38. The maximum atomic E-state index is 13.5. The van der Waals surface area contributed by atoms with E-state index in [1.165, 1.54) is 25.3 Å². The van der Waals surface area contributed by atoms with Crippen LogP contribution >= 0.6 is 15.9 Å². The van der Waals surface area contributed by atoms with E-state index in [2.05, 4.69) is 35.1 Å². The van der Waals surface area contributed by atoms with Crippen molar-refractivity contribution in [2.45, 2.75) is 45.6 Å². The van der Waals surface area contributed by atoms with E-state index in [1.807, 2.05) is 6.07 Å². The van der Waals surface area contributed by atoms with Crippen LogP contribution in [0.25, 0.3) is 0 Å². The molecule has 18 heavy (non-hydrogen) atoms. The third kappa shape index (κ3) is 3.12. The second-order valence-corrected chi connectivity index (χ2v) is 6.57. The van der Waals surface area contributed by atoms with Crippen molar-refractivity contribution >= 4 is 15.9 Å². The zero-order chi connectivity index (χ0) is 13.2. The van der Waals surface area contributed by atoms with Gasteiger partial charge in [0.1, 0.15) is 5.82 Å². The topological polar surface area (TPSA) is 12.0 Å². The minimum atomic E-state index is -0.154. The van der Waals surface area contributed by atoms with Crippen molar-refractivity contribution in [1.82, 2.24) is 5.32 Å². The van der Waals surface area contributed by atoms with Crippen molar-refractivity contribution in [2.75, 3.05) is 6.54 Å². The van der Waals surface area contributed by atoms with E-state index in [4.69, 9.17) is 0 Å². The van der Waals surface area contributed by atoms with Gasteiger partial charge in [-0.15, -0.1) is 0 Å². The molecule has 0 amide bonds. The fraction of sp³-hybridized carbons (Fsp3) is 0.600. The van der Waals surface area contributed by atoms with E-state index in [9.17, 15) is 4.39 Å². The van der Waals surface area contributed by atoms with Gasteiger partial charge in [0.05, 0.1) is 4.47 Å². The molecule has 0 aromatic heterocycles. The number of hydrogen-bond donors (Lipinski definition) is 1. The zero-order valence-electron chi connectivity index (χ0n) is 11.1. The number of nitrogens with one attached hydrogen (secondary N) is 1. The first-order valence-corrected chi connectivity index (χ1v) is 7.48. The number of rotatable bonds is 5. The van der Waals surface area contributed by atoms with Crippen LogP contribution in [0.3, 0.4) is 0 Å². The average Bonchev–Trinajstić information content (AvgIpc) is 2.27. The molecule has 0 aliphatic heterocycles. The lowest BCUT2D eigenvalue weighted by Gasteiger charge is -2.43. The predicted molar refractivity (Wildman–Crippen MR) is 77.2 cm³/mol. The number of benzene rings is 1. The summed E-state index contributed by atoms with van der Waals surface area (Å²) < 4.78 is 14.2. The molecule has 2 rings (SSSR count). The lowest BCUT2D eigenvalue weighted by atomic mass is 9.65. The largest absolute Gasteiger partial charge is 0.314 e. The quantitative estimate of drug-likeness (QED) is 0.854. The summed E-state index contributed by atoms with van der Waals surface area (Å²) in [5.41, 5.74) is 1.43. The molecule has 1 aliphatic rings. The van der Waals surface area contributed by atoms with Gasteiger partial charge in [-0.05, 0) is 52.2 Å². The van der Waals surface area contributed by atoms with Crippen molar-refractivity contribution in [1.29, 1.82) is 0 Å². The molecule has 0 unspecified atom stereocenters. The Morgan fingerprint density at radius 3 is 2.67 bits per heavy atom. The molecule has 3 heteroatoms. The van der Waals surface area contributed by atoms with E-state index in [1.54, 1.807) is 6.07 Å². The smallest absolute Gasteiger partial charge is 0.137 e. The number of hydrogen-bond acceptors (Lipinski definition) is 1. The summed E-state index contributed by atoms with van der Waals surface area (Å²) in [4.78, 5) is 0. The lowest BCUT2D eigenvalue weighted by molar-refractivity contribution is 0.126. The van der Waals surface area contributed by atoms with Crippen molar-refractivity contribution in [2.24, 2.45) is 5.41 Å². The highest BCUT2D eigenvalue weighted by atomic mass is 79.9. The molecule has 1 fully saturated rings. The Morgan fingerprint density at radius 1 is 1.39 bits per heavy atom. The fourth-order valence-corrected chi connectivity index (χ4v) is 3.01. The fourth-order valence-electron chi connectivity index (χ4n) is 2.60. The van der Waals surface area contributed by atoms with E-state index in [0.29, 0.717) is 15.9 Å². The number of halogens is 2. The molecule has 0 saturated heterocycles. The molecule has 1 saturated carbocycles. The third-order valence-corrected chi connectivity index (χ3v) is 4.78. The van der Waals surface area contributed by atoms with Crippen LogP contribution in [-0.4, -0.2) is 12.6 Å². The standard InChI is InChI=1S/C15H21BrFN/c1-11(2)18-10-15(7-4-8-15)9-12-5-3-6-13(17)14(12)16/h3,5-6,11,18H,4,7-10H2,1-2H3. The zero-order valence-corrected chi connectivity index (χ0v) is 12.7. The molecule has 1 aromatic rings. The Bertz CT molecular complexity index is 413. The van der Waals surface area contributed by atoms with Gasteiger partial charge in [0.25, 0.3) is 0 Å². The van der Waals surface area contributed by atoms with Gasteiger partial charge in [-0.2, -0.15) is 0 Å². The van der Waals surface area contributed by atoms with Crippen molar-refractivity contribution in [3.05, 3.63) is 34.1 Å². The van der Waals surface area contributed by atoms with Gasteiger partial charge >= 0.3 is 0 Å². The van der Waals surface area contributed by atoms with Crippen LogP contribution in [0.5, 0.6) is 0 Å². The van der Waals surface area contributed by atoms with Gasteiger partial charge in [-0.3, -0.25) is 0 Å². The highest BCUT2D eigenvalue weighted by molar-refractivity contribution is 9.10. The maximum Gasteiger partial charge on any atom is 0.137 e. The van der Waals surface area contributed by atoms with E-state index in [0.717, 1.165) is 18.5 Å². The van der Waals surface area contributed by atoms with Crippen LogP contribution in [0.1, 0.15) is 38.7 Å². The third-order valence-electron chi connectivity index (χ3n) is 3.90. The maximum absolute atomic E-state index is 13.5. The van der Waals surface area contributed by atoms with Gasteiger partial charge in [-0.25, -0.2) is 4.39 Å². The Morgan fingerprint density at radius 2 is 2.11 bits per heavy atom. The lowest BCUT2D eigenvalue weighted by Crippen LogP contribution is -2.43. The minimum absolute atomic E-state index is 0.154. The first-order chi connectivity index (χ1) is 8.52. The molecule has 0 heterocycles. The van der Waals surface area contributed by atoms with E-state index >= 15 is 0 Å². The monoisotopic (exact) mass is 313 g/mol. The Balaban J connectivity index is 2.08. The molecule has 0 spiro atoms. The van der Waals surface area contributed by atoms with Crippen LogP contribution in [0.15, 0.2) is 22.7 Å².